The molecule has 0 bridgehead atoms. The number of hydrogen-bond donors (Lipinski definition) is 1. The molecule has 0 saturated carbocycles. The molecule has 0 aromatic heterocycles. The Labute approximate surface area is 105 Å². The molecule has 3 nitrogen and oxygen atoms in total. The number of aryl methyl sites for hydroxylation is 1. The SMILES string of the molecule is Cc1ccccc1S(=O)(=O)NCl.[NaH]. The fraction of sp³-hybridized carbons (Fsp3) is 0.143. The third kappa shape index (κ3) is 3.23. The van der Waals surface area contributed by atoms with E-state index in [1.54, 1.807) is 29.4 Å². The zero-order valence-corrected chi connectivity index (χ0v) is 7.98. The van der Waals surface area contributed by atoms with Gasteiger partial charge in [0.05, 0.1) is 4.90 Å². The predicted molar refractivity (Wildman–Crippen MR) is 54.5 cm³/mol. The molecule has 0 spiro atoms. The van der Waals surface area contributed by atoms with Crippen LogP contribution in [0, 0.1) is 6.92 Å². The molecule has 0 aliphatic heterocycles. The van der Waals surface area contributed by atoms with Crippen molar-refractivity contribution in [1.82, 2.24) is 4.24 Å². The first-order valence-corrected chi connectivity index (χ1v) is 5.12. The fourth-order valence-electron chi connectivity index (χ4n) is 0.899. The van der Waals surface area contributed by atoms with E-state index >= 15 is 0 Å². The first kappa shape index (κ1) is 13.4. The van der Waals surface area contributed by atoms with Crippen LogP contribution in [-0.4, -0.2) is 38.0 Å². The molecule has 0 unspecified atom stereocenters. The van der Waals surface area contributed by atoms with Crippen molar-refractivity contribution in [2.24, 2.45) is 0 Å². The van der Waals surface area contributed by atoms with Gasteiger partial charge in [-0.1, -0.05) is 18.2 Å². The van der Waals surface area contributed by atoms with Gasteiger partial charge in [0.2, 0.25) is 0 Å². The first-order valence-electron chi connectivity index (χ1n) is 3.26. The van der Waals surface area contributed by atoms with Crippen LogP contribution in [-0.2, 0) is 10.0 Å². The molecule has 0 amide bonds. The van der Waals surface area contributed by atoms with Crippen molar-refractivity contribution in [2.75, 3.05) is 0 Å². The van der Waals surface area contributed by atoms with E-state index in [9.17, 15) is 8.42 Å². The van der Waals surface area contributed by atoms with Gasteiger partial charge in [0.1, 0.15) is 0 Å². The zero-order chi connectivity index (χ0) is 9.19. The van der Waals surface area contributed by atoms with Crippen molar-refractivity contribution in [3.05, 3.63) is 29.8 Å². The van der Waals surface area contributed by atoms with Crippen molar-refractivity contribution >= 4 is 51.4 Å². The van der Waals surface area contributed by atoms with Crippen LogP contribution in [0.1, 0.15) is 5.56 Å². The number of halogens is 1. The quantitative estimate of drug-likeness (QED) is 0.602. The number of hydrogen-bond acceptors (Lipinski definition) is 2. The van der Waals surface area contributed by atoms with E-state index in [0.717, 1.165) is 0 Å². The Balaban J connectivity index is 0.00000144. The van der Waals surface area contributed by atoms with Crippen molar-refractivity contribution < 1.29 is 8.42 Å². The molecule has 0 aliphatic rings. The summed E-state index contributed by atoms with van der Waals surface area (Å²) in [5, 5.41) is 0. The van der Waals surface area contributed by atoms with Gasteiger partial charge in [-0.25, -0.2) is 8.42 Å². The summed E-state index contributed by atoms with van der Waals surface area (Å²) >= 11 is 5.06. The zero-order valence-electron chi connectivity index (χ0n) is 6.41. The van der Waals surface area contributed by atoms with E-state index in [-0.39, 0.29) is 34.5 Å². The van der Waals surface area contributed by atoms with E-state index in [1.165, 1.54) is 6.07 Å². The van der Waals surface area contributed by atoms with E-state index in [0.29, 0.717) is 5.56 Å². The van der Waals surface area contributed by atoms with Crippen LogP contribution >= 0.6 is 11.8 Å². The van der Waals surface area contributed by atoms with Crippen molar-refractivity contribution in [1.29, 1.82) is 0 Å². The molecule has 1 aromatic carbocycles. The van der Waals surface area contributed by atoms with E-state index in [4.69, 9.17) is 11.8 Å². The summed E-state index contributed by atoms with van der Waals surface area (Å²) in [6, 6.07) is 6.62. The van der Waals surface area contributed by atoms with Crippen LogP contribution < -0.4 is 4.24 Å². The number of sulfonamides is 1. The Hall–Kier alpha value is 0.420. The van der Waals surface area contributed by atoms with Crippen LogP contribution in [0.5, 0.6) is 0 Å². The molecule has 0 heterocycles. The van der Waals surface area contributed by atoms with Crippen LogP contribution in [0.25, 0.3) is 0 Å². The third-order valence-corrected chi connectivity index (χ3v) is 3.33. The van der Waals surface area contributed by atoms with Crippen LogP contribution in [0.3, 0.4) is 0 Å². The summed E-state index contributed by atoms with van der Waals surface area (Å²) in [6.45, 7) is 1.71. The summed E-state index contributed by atoms with van der Waals surface area (Å²) < 4.78 is 24.1. The molecule has 1 aromatic rings. The minimum atomic E-state index is -3.51. The summed E-state index contributed by atoms with van der Waals surface area (Å²) in [6.07, 6.45) is 0. The van der Waals surface area contributed by atoms with Gasteiger partial charge in [-0.3, -0.25) is 0 Å². The van der Waals surface area contributed by atoms with Crippen molar-refractivity contribution in [3.8, 4) is 0 Å². The second-order valence-electron chi connectivity index (χ2n) is 2.35. The van der Waals surface area contributed by atoms with Gasteiger partial charge >= 0.3 is 29.6 Å². The molecule has 0 atom stereocenters. The first-order chi connectivity index (χ1) is 5.58. The average Bonchev–Trinajstić information content (AvgIpc) is 2.05. The van der Waals surface area contributed by atoms with Gasteiger partial charge < -0.3 is 0 Å². The van der Waals surface area contributed by atoms with Crippen LogP contribution in [0.2, 0.25) is 0 Å². The maximum atomic E-state index is 11.2. The molecule has 1 N–H and O–H groups in total. The second kappa shape index (κ2) is 5.34. The predicted octanol–water partition coefficient (Wildman–Crippen LogP) is 0.779. The molecule has 13 heavy (non-hydrogen) atoms. The van der Waals surface area contributed by atoms with Gasteiger partial charge in [0.25, 0.3) is 10.0 Å². The summed E-state index contributed by atoms with van der Waals surface area (Å²) in [4.78, 5) is 0.208. The monoisotopic (exact) mass is 229 g/mol. The minimum absolute atomic E-state index is 0. The van der Waals surface area contributed by atoms with Gasteiger partial charge in [-0.15, -0.1) is 4.24 Å². The normalized spacial score (nSPS) is 10.6. The van der Waals surface area contributed by atoms with Gasteiger partial charge in [-0.05, 0) is 30.3 Å². The van der Waals surface area contributed by atoms with E-state index < -0.39 is 10.0 Å². The van der Waals surface area contributed by atoms with Crippen LogP contribution in [0.15, 0.2) is 29.2 Å². The molecular formula is C7H9ClNNaO2S. The molecule has 68 valence electrons. The molecule has 0 fully saturated rings. The Morgan fingerprint density at radius 3 is 2.31 bits per heavy atom. The third-order valence-electron chi connectivity index (χ3n) is 1.48. The summed E-state index contributed by atoms with van der Waals surface area (Å²) in [5.74, 6) is 0. The number of benzene rings is 1. The average molecular weight is 230 g/mol. The standard InChI is InChI=1S/C7H8ClNO2S.Na.H/c1-6-4-2-3-5-7(6)12(10,11)9-8;;/h2-5,9H,1H3;;. The van der Waals surface area contributed by atoms with Crippen molar-refractivity contribution in [3.63, 3.8) is 0 Å². The molecule has 0 radical (unpaired) electrons. The Bertz CT molecular complexity index is 380. The Morgan fingerprint density at radius 1 is 1.31 bits per heavy atom. The summed E-state index contributed by atoms with van der Waals surface area (Å²) in [5.41, 5.74) is 0.672. The molecule has 0 aliphatic carbocycles. The molecule has 6 heteroatoms. The van der Waals surface area contributed by atoms with E-state index in [2.05, 4.69) is 0 Å². The topological polar surface area (TPSA) is 46.2 Å². The van der Waals surface area contributed by atoms with Crippen molar-refractivity contribution in [2.45, 2.75) is 11.8 Å². The summed E-state index contributed by atoms with van der Waals surface area (Å²) in [7, 11) is -3.51. The molecule has 0 saturated heterocycles. The molecule has 1 rings (SSSR count). The number of nitrogens with one attached hydrogen (secondary N) is 1. The van der Waals surface area contributed by atoms with Crippen LogP contribution in [0.4, 0.5) is 0 Å². The fourth-order valence-corrected chi connectivity index (χ4v) is 1.98. The Kier molecular flexibility index (Phi) is 5.51. The Morgan fingerprint density at radius 2 is 1.85 bits per heavy atom. The van der Waals surface area contributed by atoms with Gasteiger partial charge in [-0.2, -0.15) is 0 Å². The number of rotatable bonds is 2. The second-order valence-corrected chi connectivity index (χ2v) is 4.41. The van der Waals surface area contributed by atoms with Gasteiger partial charge in [0.15, 0.2) is 0 Å². The van der Waals surface area contributed by atoms with Gasteiger partial charge in [0, 0.05) is 0 Å². The molecular weight excluding hydrogens is 221 g/mol. The maximum absolute atomic E-state index is 11.2. The van der Waals surface area contributed by atoms with E-state index in [1.807, 2.05) is 0 Å².